The van der Waals surface area contributed by atoms with Gasteiger partial charge in [-0.05, 0) is 58.5 Å². The highest BCUT2D eigenvalue weighted by molar-refractivity contribution is 7.07. The summed E-state index contributed by atoms with van der Waals surface area (Å²) >= 11 is 1.40. The molecule has 6 aromatic rings. The predicted octanol–water partition coefficient (Wildman–Crippen LogP) is 7.19. The molecule has 44 heavy (non-hydrogen) atoms. The summed E-state index contributed by atoms with van der Waals surface area (Å²) < 4.78 is 23.1. The quantitative estimate of drug-likeness (QED) is 0.212. The lowest BCUT2D eigenvalue weighted by atomic mass is 9.83. The van der Waals surface area contributed by atoms with Gasteiger partial charge in [-0.3, -0.25) is 9.36 Å². The summed E-state index contributed by atoms with van der Waals surface area (Å²) in [6.07, 6.45) is 3.68. The van der Waals surface area contributed by atoms with Crippen molar-refractivity contribution in [3.8, 4) is 5.75 Å². The molecule has 6 heteroatoms. The Labute approximate surface area is 257 Å². The Balaban J connectivity index is 1.33. The van der Waals surface area contributed by atoms with Crippen molar-refractivity contribution >= 4 is 33.9 Å². The number of benzene rings is 5. The maximum atomic E-state index is 14.4. The number of rotatable bonds is 5. The summed E-state index contributed by atoms with van der Waals surface area (Å²) in [7, 11) is 0. The van der Waals surface area contributed by atoms with Crippen molar-refractivity contribution < 1.29 is 9.13 Å². The lowest BCUT2D eigenvalue weighted by molar-refractivity contribution is 0.299. The third-order valence-corrected chi connectivity index (χ3v) is 9.52. The predicted molar refractivity (Wildman–Crippen MR) is 174 cm³/mol. The summed E-state index contributed by atoms with van der Waals surface area (Å²) in [5.41, 5.74) is 6.83. The molecule has 8 rings (SSSR count). The molecule has 214 valence electrons. The van der Waals surface area contributed by atoms with Crippen LogP contribution in [0.25, 0.3) is 22.5 Å². The second-order valence-corrected chi connectivity index (χ2v) is 12.1. The molecule has 0 bridgehead atoms. The summed E-state index contributed by atoms with van der Waals surface area (Å²) in [5.74, 6) is 0.278. The van der Waals surface area contributed by atoms with Gasteiger partial charge < -0.3 is 4.74 Å². The van der Waals surface area contributed by atoms with Gasteiger partial charge in [0.05, 0.1) is 16.3 Å². The largest absolute Gasteiger partial charge is 0.488 e. The molecule has 0 fully saturated rings. The first-order valence-electron chi connectivity index (χ1n) is 14.7. The van der Waals surface area contributed by atoms with E-state index in [9.17, 15) is 9.18 Å². The fourth-order valence-electron chi connectivity index (χ4n) is 6.41. The molecule has 5 aromatic carbocycles. The molecule has 2 aliphatic rings. The van der Waals surface area contributed by atoms with Gasteiger partial charge in [0.1, 0.15) is 18.2 Å². The molecule has 0 saturated carbocycles. The zero-order chi connectivity index (χ0) is 29.6. The Morgan fingerprint density at radius 3 is 2.52 bits per heavy atom. The first-order valence-corrected chi connectivity index (χ1v) is 15.5. The topological polar surface area (TPSA) is 43.6 Å². The Morgan fingerprint density at radius 1 is 0.864 bits per heavy atom. The fourth-order valence-corrected chi connectivity index (χ4v) is 7.39. The molecule has 0 spiro atoms. The van der Waals surface area contributed by atoms with Crippen molar-refractivity contribution in [3.05, 3.63) is 174 Å². The minimum Gasteiger partial charge on any atom is -0.488 e. The van der Waals surface area contributed by atoms with Gasteiger partial charge in [0.25, 0.3) is 5.56 Å². The van der Waals surface area contributed by atoms with Crippen LogP contribution in [0.15, 0.2) is 131 Å². The van der Waals surface area contributed by atoms with Gasteiger partial charge >= 0.3 is 0 Å². The molecule has 1 atom stereocenters. The van der Waals surface area contributed by atoms with Gasteiger partial charge in [-0.15, -0.1) is 0 Å². The van der Waals surface area contributed by atoms with Crippen LogP contribution in [-0.2, 0) is 13.0 Å². The van der Waals surface area contributed by atoms with Crippen LogP contribution in [0.5, 0.6) is 5.75 Å². The van der Waals surface area contributed by atoms with Gasteiger partial charge in [0.2, 0.25) is 0 Å². The average Bonchev–Trinajstić information content (AvgIpc) is 3.38. The fraction of sp³-hybridized carbons (Fsp3) is 0.105. The monoisotopic (exact) mass is 594 g/mol. The zero-order valence-electron chi connectivity index (χ0n) is 23.7. The summed E-state index contributed by atoms with van der Waals surface area (Å²) in [5, 5.41) is 1.98. The lowest BCUT2D eigenvalue weighted by Gasteiger charge is -2.30. The van der Waals surface area contributed by atoms with E-state index >= 15 is 0 Å². The number of thiazole rings is 1. The minimum atomic E-state index is -0.311. The number of aromatic nitrogens is 1. The number of aryl methyl sites for hydroxylation is 1. The van der Waals surface area contributed by atoms with Crippen LogP contribution in [0.2, 0.25) is 0 Å². The number of fused-ring (bicyclic) bond motifs is 4. The molecule has 0 saturated heterocycles. The number of ether oxygens (including phenoxy) is 1. The van der Waals surface area contributed by atoms with Crippen molar-refractivity contribution in [3.63, 3.8) is 0 Å². The van der Waals surface area contributed by atoms with Gasteiger partial charge in [-0.1, -0.05) is 114 Å². The third kappa shape index (κ3) is 4.50. The van der Waals surface area contributed by atoms with Crippen LogP contribution < -0.4 is 19.6 Å². The van der Waals surface area contributed by atoms with Crippen LogP contribution in [0.1, 0.15) is 40.3 Å². The SMILES string of the molecule is O=c1/c(=C\c2c(OCc3ccccc3F)ccc3ccccc23)sc2n1[C@@H](c1ccccc1)C1=C(N=2)c2ccccc2CC1. The van der Waals surface area contributed by atoms with Crippen LogP contribution in [0.3, 0.4) is 0 Å². The van der Waals surface area contributed by atoms with Crippen LogP contribution in [0, 0.1) is 5.82 Å². The van der Waals surface area contributed by atoms with E-state index in [0.29, 0.717) is 20.6 Å². The number of nitrogens with zero attached hydrogens (tertiary/aromatic N) is 2. The Kier molecular flexibility index (Phi) is 6.57. The van der Waals surface area contributed by atoms with Gasteiger partial charge in [-0.25, -0.2) is 9.38 Å². The second kappa shape index (κ2) is 10.9. The standard InChI is InChI=1S/C38H27FN2O2S/c39-32-17-9-6-14-27(32)23-43-33-21-19-24-10-4-7-15-28(24)31(33)22-34-37(42)41-36(26-12-2-1-3-13-26)30-20-18-25-11-5-8-16-29(25)35(30)40-38(41)44-34/h1-17,19,21-22,36H,18,20,23H2/b34-22+/t36-/m0/s1. The van der Waals surface area contributed by atoms with E-state index in [1.54, 1.807) is 18.2 Å². The van der Waals surface area contributed by atoms with Crippen LogP contribution >= 0.6 is 11.3 Å². The van der Waals surface area contributed by atoms with Crippen LogP contribution in [0.4, 0.5) is 4.39 Å². The number of halogens is 1. The average molecular weight is 595 g/mol. The molecule has 4 nitrogen and oxygen atoms in total. The molecule has 1 aromatic heterocycles. The highest BCUT2D eigenvalue weighted by Crippen LogP contribution is 2.41. The van der Waals surface area contributed by atoms with Gasteiger partial charge in [-0.2, -0.15) is 0 Å². The maximum Gasteiger partial charge on any atom is 0.271 e. The van der Waals surface area contributed by atoms with E-state index in [0.717, 1.165) is 46.0 Å². The summed E-state index contributed by atoms with van der Waals surface area (Å²) in [6.45, 7) is 0.0766. The normalized spacial score (nSPS) is 15.8. The lowest BCUT2D eigenvalue weighted by Crippen LogP contribution is -2.38. The second-order valence-electron chi connectivity index (χ2n) is 11.1. The first kappa shape index (κ1) is 26.5. The Morgan fingerprint density at radius 2 is 1.64 bits per heavy atom. The van der Waals surface area contributed by atoms with Crippen molar-refractivity contribution in [1.29, 1.82) is 0 Å². The molecular formula is C38H27FN2O2S. The Hall–Kier alpha value is -5.07. The highest BCUT2D eigenvalue weighted by atomic mass is 32.1. The van der Waals surface area contributed by atoms with E-state index in [1.807, 2.05) is 65.2 Å². The third-order valence-electron chi connectivity index (χ3n) is 8.54. The van der Waals surface area contributed by atoms with E-state index in [2.05, 4.69) is 36.4 Å². The smallest absolute Gasteiger partial charge is 0.271 e. The molecule has 0 radical (unpaired) electrons. The van der Waals surface area contributed by atoms with E-state index in [1.165, 1.54) is 28.5 Å². The van der Waals surface area contributed by atoms with Gasteiger partial charge in [0, 0.05) is 16.7 Å². The van der Waals surface area contributed by atoms with Crippen molar-refractivity contribution in [1.82, 2.24) is 4.57 Å². The van der Waals surface area contributed by atoms with E-state index in [4.69, 9.17) is 9.73 Å². The number of hydrogen-bond donors (Lipinski definition) is 0. The molecule has 1 aliphatic heterocycles. The molecule has 0 unspecified atom stereocenters. The number of hydrogen-bond acceptors (Lipinski definition) is 4. The van der Waals surface area contributed by atoms with Crippen molar-refractivity contribution in [2.75, 3.05) is 0 Å². The van der Waals surface area contributed by atoms with E-state index in [-0.39, 0.29) is 24.0 Å². The molecule has 0 amide bonds. The molecule has 0 N–H and O–H groups in total. The first-order chi connectivity index (χ1) is 21.7. The molecular weight excluding hydrogens is 567 g/mol. The van der Waals surface area contributed by atoms with Crippen molar-refractivity contribution in [2.24, 2.45) is 4.99 Å². The minimum absolute atomic E-state index is 0.0766. The molecule has 2 heterocycles. The Bertz CT molecular complexity index is 2280. The van der Waals surface area contributed by atoms with Crippen LogP contribution in [-0.4, -0.2) is 4.57 Å². The summed E-state index contributed by atoms with van der Waals surface area (Å²) in [6, 6.07) is 37.0. The summed E-state index contributed by atoms with van der Waals surface area (Å²) in [4.78, 5) is 20.2. The van der Waals surface area contributed by atoms with Gasteiger partial charge in [0.15, 0.2) is 4.80 Å². The number of allylic oxidation sites excluding steroid dienone is 1. The maximum absolute atomic E-state index is 14.4. The highest BCUT2D eigenvalue weighted by Gasteiger charge is 2.32. The molecule has 1 aliphatic carbocycles. The van der Waals surface area contributed by atoms with E-state index < -0.39 is 0 Å². The van der Waals surface area contributed by atoms with Crippen molar-refractivity contribution in [2.45, 2.75) is 25.5 Å². The zero-order valence-corrected chi connectivity index (χ0v) is 24.6.